The predicted octanol–water partition coefficient (Wildman–Crippen LogP) is 3.06. The molecule has 1 saturated heterocycles. The van der Waals surface area contributed by atoms with Gasteiger partial charge in [0.15, 0.2) is 0 Å². The minimum atomic E-state index is -0.211. The monoisotopic (exact) mass is 387 g/mol. The molecule has 0 saturated carbocycles. The highest BCUT2D eigenvalue weighted by Gasteiger charge is 2.46. The second-order valence-corrected chi connectivity index (χ2v) is 7.74. The van der Waals surface area contributed by atoms with Gasteiger partial charge in [-0.05, 0) is 36.8 Å². The van der Waals surface area contributed by atoms with Gasteiger partial charge in [0.1, 0.15) is 11.3 Å². The smallest absolute Gasteiger partial charge is 0.309 e. The zero-order valence-corrected chi connectivity index (χ0v) is 16.1. The molecule has 6 nitrogen and oxygen atoms in total. The van der Waals surface area contributed by atoms with Crippen LogP contribution in [-0.2, 0) is 9.53 Å². The van der Waals surface area contributed by atoms with E-state index in [1.807, 2.05) is 13.8 Å². The summed E-state index contributed by atoms with van der Waals surface area (Å²) in [4.78, 5) is 31.7. The van der Waals surface area contributed by atoms with Crippen molar-refractivity contribution in [2.24, 2.45) is 23.7 Å². The second-order valence-electron chi connectivity index (χ2n) is 7.30. The van der Waals surface area contributed by atoms with Gasteiger partial charge < -0.3 is 14.0 Å². The van der Waals surface area contributed by atoms with Crippen molar-refractivity contribution in [1.82, 2.24) is 14.3 Å². The lowest BCUT2D eigenvalue weighted by atomic mass is 9.72. The molecule has 1 amide bonds. The zero-order valence-electron chi connectivity index (χ0n) is 15.3. The summed E-state index contributed by atoms with van der Waals surface area (Å²) < 4.78 is 7.04. The molecule has 1 aliphatic heterocycles. The lowest BCUT2D eigenvalue weighted by Crippen LogP contribution is -2.37. The van der Waals surface area contributed by atoms with Crippen LogP contribution in [0.25, 0.3) is 5.65 Å². The number of halogens is 1. The molecule has 1 aliphatic carbocycles. The molecule has 2 aliphatic rings. The summed E-state index contributed by atoms with van der Waals surface area (Å²) in [5.41, 5.74) is 1.07. The van der Waals surface area contributed by atoms with Gasteiger partial charge in [0.05, 0.1) is 17.5 Å². The van der Waals surface area contributed by atoms with E-state index < -0.39 is 0 Å². The van der Waals surface area contributed by atoms with Crippen molar-refractivity contribution < 1.29 is 14.3 Å². The SMILES string of the molecule is CCOC(=O)[C@H]1[C@@H]2CN(C(=O)c3cn4cc(Cl)ccc4n3)C[C@@H]2C=C[C@@H]1C. The predicted molar refractivity (Wildman–Crippen MR) is 102 cm³/mol. The van der Waals surface area contributed by atoms with Crippen molar-refractivity contribution in [3.05, 3.63) is 47.4 Å². The van der Waals surface area contributed by atoms with Gasteiger partial charge in [0.25, 0.3) is 5.91 Å². The van der Waals surface area contributed by atoms with Crippen LogP contribution in [0.1, 0.15) is 24.3 Å². The molecule has 0 bridgehead atoms. The van der Waals surface area contributed by atoms with Gasteiger partial charge in [-0.1, -0.05) is 30.7 Å². The number of fused-ring (bicyclic) bond motifs is 2. The van der Waals surface area contributed by atoms with Crippen molar-refractivity contribution >= 4 is 29.1 Å². The van der Waals surface area contributed by atoms with Gasteiger partial charge in [0, 0.05) is 25.5 Å². The summed E-state index contributed by atoms with van der Waals surface area (Å²) >= 11 is 6.01. The highest BCUT2D eigenvalue weighted by atomic mass is 35.5. The van der Waals surface area contributed by atoms with E-state index in [1.54, 1.807) is 33.8 Å². The number of likely N-dealkylation sites (tertiary alicyclic amines) is 1. The van der Waals surface area contributed by atoms with E-state index in [0.29, 0.717) is 36.1 Å². The van der Waals surface area contributed by atoms with Crippen LogP contribution in [0.4, 0.5) is 0 Å². The van der Waals surface area contributed by atoms with Gasteiger partial charge >= 0.3 is 5.97 Å². The first kappa shape index (κ1) is 18.0. The maximum atomic E-state index is 13.0. The number of esters is 1. The molecule has 0 radical (unpaired) electrons. The Bertz CT molecular complexity index is 922. The Morgan fingerprint density at radius 2 is 2.07 bits per heavy atom. The van der Waals surface area contributed by atoms with E-state index in [0.717, 1.165) is 0 Å². The van der Waals surface area contributed by atoms with Crippen LogP contribution in [-0.4, -0.2) is 45.9 Å². The van der Waals surface area contributed by atoms with Gasteiger partial charge in [-0.25, -0.2) is 4.98 Å². The third kappa shape index (κ3) is 3.23. The van der Waals surface area contributed by atoms with E-state index in [1.165, 1.54) is 0 Å². The molecular formula is C20H22ClN3O3. The number of pyridine rings is 1. The number of imidazole rings is 1. The number of hydrogen-bond donors (Lipinski definition) is 0. The average Bonchev–Trinajstić information content (AvgIpc) is 3.24. The number of amides is 1. The molecule has 0 spiro atoms. The Morgan fingerprint density at radius 3 is 2.85 bits per heavy atom. The van der Waals surface area contributed by atoms with Gasteiger partial charge in [-0.3, -0.25) is 9.59 Å². The molecule has 4 rings (SSSR count). The molecule has 4 atom stereocenters. The van der Waals surface area contributed by atoms with Crippen LogP contribution in [0.2, 0.25) is 5.02 Å². The standard InChI is InChI=1S/C20H22ClN3O3/c1-3-27-20(26)18-12(2)4-5-13-8-24(10-15(13)18)19(25)16-11-23-9-14(21)6-7-17(23)22-16/h4-7,9,11-13,15,18H,3,8,10H2,1-2H3/t12-,13-,15+,18+/m0/s1. The fourth-order valence-corrected chi connectivity index (χ4v) is 4.46. The van der Waals surface area contributed by atoms with Crippen LogP contribution in [0.15, 0.2) is 36.7 Å². The van der Waals surface area contributed by atoms with E-state index >= 15 is 0 Å². The van der Waals surface area contributed by atoms with Crippen LogP contribution in [0, 0.1) is 23.7 Å². The number of allylic oxidation sites excluding steroid dienone is 1. The van der Waals surface area contributed by atoms with Crippen molar-refractivity contribution in [3.8, 4) is 0 Å². The molecule has 0 N–H and O–H groups in total. The molecule has 27 heavy (non-hydrogen) atoms. The van der Waals surface area contributed by atoms with Gasteiger partial charge in [-0.15, -0.1) is 0 Å². The number of ether oxygens (including phenoxy) is 1. The van der Waals surface area contributed by atoms with Crippen LogP contribution < -0.4 is 0 Å². The fourth-order valence-electron chi connectivity index (χ4n) is 4.29. The first-order valence-electron chi connectivity index (χ1n) is 9.26. The number of carbonyl (C=O) groups excluding carboxylic acids is 2. The van der Waals surface area contributed by atoms with Crippen LogP contribution in [0.3, 0.4) is 0 Å². The normalized spacial score (nSPS) is 27.0. The number of rotatable bonds is 3. The minimum Gasteiger partial charge on any atom is -0.466 e. The number of nitrogens with zero attached hydrogens (tertiary/aromatic N) is 3. The van der Waals surface area contributed by atoms with Crippen molar-refractivity contribution in [2.75, 3.05) is 19.7 Å². The Morgan fingerprint density at radius 1 is 1.26 bits per heavy atom. The summed E-state index contributed by atoms with van der Waals surface area (Å²) in [6, 6.07) is 3.53. The summed E-state index contributed by atoms with van der Waals surface area (Å²) in [5.74, 6) is -0.130. The second kappa shape index (κ2) is 7.00. The lowest BCUT2D eigenvalue weighted by Gasteiger charge is -2.31. The third-order valence-electron chi connectivity index (χ3n) is 5.58. The first-order valence-corrected chi connectivity index (χ1v) is 9.64. The molecule has 0 aromatic carbocycles. The average molecular weight is 388 g/mol. The van der Waals surface area contributed by atoms with Crippen molar-refractivity contribution in [2.45, 2.75) is 13.8 Å². The molecule has 2 aromatic rings. The Labute approximate surface area is 162 Å². The fraction of sp³-hybridized carbons (Fsp3) is 0.450. The highest BCUT2D eigenvalue weighted by molar-refractivity contribution is 6.30. The molecule has 0 unspecified atom stereocenters. The lowest BCUT2D eigenvalue weighted by molar-refractivity contribution is -0.152. The largest absolute Gasteiger partial charge is 0.466 e. The summed E-state index contributed by atoms with van der Waals surface area (Å²) in [5, 5.41) is 0.586. The molecule has 3 heterocycles. The third-order valence-corrected chi connectivity index (χ3v) is 5.81. The number of aromatic nitrogens is 2. The Hall–Kier alpha value is -2.34. The Kier molecular flexibility index (Phi) is 4.68. The molecule has 2 aromatic heterocycles. The van der Waals surface area contributed by atoms with E-state index in [-0.39, 0.29) is 35.5 Å². The first-order chi connectivity index (χ1) is 13.0. The number of hydrogen-bond acceptors (Lipinski definition) is 4. The summed E-state index contributed by atoms with van der Waals surface area (Å²) in [7, 11) is 0. The quantitative estimate of drug-likeness (QED) is 0.599. The van der Waals surface area contributed by atoms with E-state index in [9.17, 15) is 9.59 Å². The Balaban J connectivity index is 1.56. The topological polar surface area (TPSA) is 63.9 Å². The minimum absolute atomic E-state index is 0.0828. The molecule has 1 fully saturated rings. The highest BCUT2D eigenvalue weighted by Crippen LogP contribution is 2.40. The van der Waals surface area contributed by atoms with Crippen LogP contribution >= 0.6 is 11.6 Å². The summed E-state index contributed by atoms with van der Waals surface area (Å²) in [6.07, 6.45) is 7.64. The van der Waals surface area contributed by atoms with Gasteiger partial charge in [0.2, 0.25) is 0 Å². The van der Waals surface area contributed by atoms with Gasteiger partial charge in [-0.2, -0.15) is 0 Å². The number of carbonyl (C=O) groups is 2. The van der Waals surface area contributed by atoms with Crippen molar-refractivity contribution in [1.29, 1.82) is 0 Å². The van der Waals surface area contributed by atoms with Crippen molar-refractivity contribution in [3.63, 3.8) is 0 Å². The van der Waals surface area contributed by atoms with E-state index in [2.05, 4.69) is 17.1 Å². The molecule has 7 heteroatoms. The maximum absolute atomic E-state index is 13.0. The van der Waals surface area contributed by atoms with Crippen LogP contribution in [0.5, 0.6) is 0 Å². The zero-order chi connectivity index (χ0) is 19.1. The van der Waals surface area contributed by atoms with E-state index in [4.69, 9.17) is 16.3 Å². The molecule has 142 valence electrons. The maximum Gasteiger partial charge on any atom is 0.309 e. The molecular weight excluding hydrogens is 366 g/mol. The summed E-state index contributed by atoms with van der Waals surface area (Å²) in [6.45, 7) is 5.35.